The second kappa shape index (κ2) is 8.48. The average Bonchev–Trinajstić information content (AvgIpc) is 3.04. The second-order valence-electron chi connectivity index (χ2n) is 5.33. The third-order valence-electron chi connectivity index (χ3n) is 3.54. The zero-order valence-electron chi connectivity index (χ0n) is 14.0. The lowest BCUT2D eigenvalue weighted by Gasteiger charge is -2.10. The molecule has 3 aromatic rings. The Morgan fingerprint density at radius 2 is 1.72 bits per heavy atom. The largest absolute Gasteiger partial charge is 0.465 e. The summed E-state index contributed by atoms with van der Waals surface area (Å²) in [6.07, 6.45) is 0.669. The van der Waals surface area contributed by atoms with Gasteiger partial charge >= 0.3 is 5.97 Å². The fourth-order valence-corrected chi connectivity index (χ4v) is 3.22. The molecule has 128 valence electrons. The van der Waals surface area contributed by atoms with Crippen molar-refractivity contribution in [1.29, 1.82) is 0 Å². The summed E-state index contributed by atoms with van der Waals surface area (Å²) in [5, 5.41) is 9.33. The van der Waals surface area contributed by atoms with Crippen molar-refractivity contribution in [3.8, 4) is 5.69 Å². The number of carbonyl (C=O) groups is 1. The highest BCUT2D eigenvalue weighted by Crippen LogP contribution is 2.23. The highest BCUT2D eigenvalue weighted by atomic mass is 32.2. The number of nitrogens with zero attached hydrogens (tertiary/aromatic N) is 3. The van der Waals surface area contributed by atoms with E-state index in [-0.39, 0.29) is 11.7 Å². The summed E-state index contributed by atoms with van der Waals surface area (Å²) in [7, 11) is 0. The van der Waals surface area contributed by atoms with Crippen molar-refractivity contribution in [1.82, 2.24) is 14.8 Å². The van der Waals surface area contributed by atoms with Gasteiger partial charge in [0, 0.05) is 12.1 Å². The Morgan fingerprint density at radius 1 is 1.04 bits per heavy atom. The summed E-state index contributed by atoms with van der Waals surface area (Å²) in [4.78, 5) is 11.7. The minimum atomic E-state index is -0.250. The molecule has 0 N–H and O–H groups in total. The molecular formula is C19H19N3O2S. The van der Waals surface area contributed by atoms with Crippen molar-refractivity contribution in [2.75, 3.05) is 12.4 Å². The smallest absolute Gasteiger partial charge is 0.316 e. The van der Waals surface area contributed by atoms with Gasteiger partial charge in [0.1, 0.15) is 5.82 Å². The lowest BCUT2D eigenvalue weighted by atomic mass is 10.1. The molecule has 0 atom stereocenters. The topological polar surface area (TPSA) is 57.0 Å². The molecule has 0 saturated carbocycles. The van der Waals surface area contributed by atoms with E-state index < -0.39 is 0 Å². The first-order chi connectivity index (χ1) is 12.3. The summed E-state index contributed by atoms with van der Waals surface area (Å²) in [5.74, 6) is 0.799. The summed E-state index contributed by atoms with van der Waals surface area (Å²) in [6.45, 7) is 2.18. The third kappa shape index (κ3) is 4.48. The lowest BCUT2D eigenvalue weighted by Crippen LogP contribution is -2.08. The van der Waals surface area contributed by atoms with E-state index >= 15 is 0 Å². The van der Waals surface area contributed by atoms with E-state index in [0.29, 0.717) is 18.2 Å². The highest BCUT2D eigenvalue weighted by Gasteiger charge is 2.16. The second-order valence-corrected chi connectivity index (χ2v) is 6.27. The number of esters is 1. The van der Waals surface area contributed by atoms with Crippen LogP contribution in [0.1, 0.15) is 18.3 Å². The zero-order valence-corrected chi connectivity index (χ0v) is 14.8. The minimum absolute atomic E-state index is 0.212. The van der Waals surface area contributed by atoms with Crippen molar-refractivity contribution in [3.63, 3.8) is 0 Å². The van der Waals surface area contributed by atoms with Crippen LogP contribution in [0.2, 0.25) is 0 Å². The summed E-state index contributed by atoms with van der Waals surface area (Å²) in [6, 6.07) is 20.1. The third-order valence-corrected chi connectivity index (χ3v) is 4.45. The van der Waals surface area contributed by atoms with Crippen molar-refractivity contribution in [2.24, 2.45) is 0 Å². The molecule has 3 rings (SSSR count). The molecule has 0 radical (unpaired) electrons. The number of carbonyl (C=O) groups excluding carboxylic acids is 1. The Kier molecular flexibility index (Phi) is 5.85. The van der Waals surface area contributed by atoms with Gasteiger partial charge in [-0.3, -0.25) is 9.36 Å². The molecule has 0 unspecified atom stereocenters. The van der Waals surface area contributed by atoms with Crippen LogP contribution in [0.3, 0.4) is 0 Å². The van der Waals surface area contributed by atoms with Crippen LogP contribution >= 0.6 is 11.8 Å². The monoisotopic (exact) mass is 353 g/mol. The molecule has 1 aromatic heterocycles. The number of benzene rings is 2. The van der Waals surface area contributed by atoms with E-state index in [1.165, 1.54) is 11.8 Å². The van der Waals surface area contributed by atoms with Gasteiger partial charge in [-0.15, -0.1) is 10.2 Å². The molecule has 6 heteroatoms. The first-order valence-electron chi connectivity index (χ1n) is 8.10. The summed E-state index contributed by atoms with van der Waals surface area (Å²) >= 11 is 1.34. The Labute approximate surface area is 151 Å². The van der Waals surface area contributed by atoms with Gasteiger partial charge in [-0.1, -0.05) is 60.3 Å². The van der Waals surface area contributed by atoms with Crippen LogP contribution in [0.4, 0.5) is 0 Å². The molecule has 25 heavy (non-hydrogen) atoms. The van der Waals surface area contributed by atoms with Gasteiger partial charge < -0.3 is 4.74 Å². The van der Waals surface area contributed by atoms with Gasteiger partial charge in [-0.25, -0.2) is 0 Å². The fraction of sp³-hybridized carbons (Fsp3) is 0.211. The highest BCUT2D eigenvalue weighted by molar-refractivity contribution is 7.99. The molecule has 0 aliphatic heterocycles. The number of aromatic nitrogens is 3. The van der Waals surface area contributed by atoms with Crippen LogP contribution in [0.15, 0.2) is 65.8 Å². The fourth-order valence-electron chi connectivity index (χ4n) is 2.45. The molecule has 0 aliphatic rings. The van der Waals surface area contributed by atoms with Gasteiger partial charge in [0.15, 0.2) is 5.16 Å². The molecule has 1 heterocycles. The number of hydrogen-bond acceptors (Lipinski definition) is 5. The van der Waals surface area contributed by atoms with E-state index in [1.807, 2.05) is 53.1 Å². The van der Waals surface area contributed by atoms with E-state index in [9.17, 15) is 4.79 Å². The van der Waals surface area contributed by atoms with Gasteiger partial charge in [-0.05, 0) is 24.6 Å². The molecule has 0 spiro atoms. The number of hydrogen-bond donors (Lipinski definition) is 0. The molecule has 5 nitrogen and oxygen atoms in total. The van der Waals surface area contributed by atoms with Crippen LogP contribution in [0.5, 0.6) is 0 Å². The van der Waals surface area contributed by atoms with E-state index in [0.717, 1.165) is 17.1 Å². The van der Waals surface area contributed by atoms with E-state index in [2.05, 4.69) is 22.3 Å². The Bertz CT molecular complexity index is 819. The van der Waals surface area contributed by atoms with Gasteiger partial charge in [0.25, 0.3) is 0 Å². The van der Waals surface area contributed by atoms with Crippen LogP contribution in [-0.4, -0.2) is 33.1 Å². The first kappa shape index (κ1) is 17.2. The lowest BCUT2D eigenvalue weighted by molar-refractivity contribution is -0.139. The maximum atomic E-state index is 11.7. The van der Waals surface area contributed by atoms with Gasteiger partial charge in [-0.2, -0.15) is 0 Å². The predicted molar refractivity (Wildman–Crippen MR) is 98.0 cm³/mol. The quantitative estimate of drug-likeness (QED) is 0.480. The molecule has 0 bridgehead atoms. The Morgan fingerprint density at radius 3 is 2.40 bits per heavy atom. The van der Waals surface area contributed by atoms with Crippen molar-refractivity contribution >= 4 is 17.7 Å². The molecular weight excluding hydrogens is 334 g/mol. The average molecular weight is 353 g/mol. The van der Waals surface area contributed by atoms with E-state index in [4.69, 9.17) is 4.74 Å². The molecule has 0 aliphatic carbocycles. The number of para-hydroxylation sites is 1. The summed E-state index contributed by atoms with van der Waals surface area (Å²) < 4.78 is 6.99. The van der Waals surface area contributed by atoms with Crippen molar-refractivity contribution < 1.29 is 9.53 Å². The van der Waals surface area contributed by atoms with Crippen molar-refractivity contribution in [3.05, 3.63) is 72.1 Å². The number of rotatable bonds is 7. The maximum Gasteiger partial charge on any atom is 0.316 e. The molecule has 0 amide bonds. The maximum absolute atomic E-state index is 11.7. The number of ether oxygens (including phenoxy) is 1. The first-order valence-corrected chi connectivity index (χ1v) is 9.08. The van der Waals surface area contributed by atoms with Crippen LogP contribution in [-0.2, 0) is 16.0 Å². The SMILES string of the molecule is CCOC(=O)CSc1nnc(Cc2ccccc2)n1-c1ccccc1. The van der Waals surface area contributed by atoms with Gasteiger partial charge in [0.05, 0.1) is 12.4 Å². The Balaban J connectivity index is 1.89. The predicted octanol–water partition coefficient (Wildman–Crippen LogP) is 3.51. The number of thioether (sulfide) groups is 1. The van der Waals surface area contributed by atoms with Gasteiger partial charge in [0.2, 0.25) is 0 Å². The molecule has 2 aromatic carbocycles. The van der Waals surface area contributed by atoms with Crippen LogP contribution in [0, 0.1) is 0 Å². The van der Waals surface area contributed by atoms with Crippen LogP contribution in [0.25, 0.3) is 5.69 Å². The van der Waals surface area contributed by atoms with Crippen molar-refractivity contribution in [2.45, 2.75) is 18.5 Å². The Hall–Kier alpha value is -2.60. The normalized spacial score (nSPS) is 10.6. The minimum Gasteiger partial charge on any atom is -0.465 e. The molecule has 0 saturated heterocycles. The summed E-state index contributed by atoms with van der Waals surface area (Å²) in [5.41, 5.74) is 2.14. The standard InChI is InChI=1S/C19H19N3O2S/c1-2-24-18(23)14-25-19-21-20-17(13-15-9-5-3-6-10-15)22(19)16-11-7-4-8-12-16/h3-12H,2,13-14H2,1H3. The molecule has 0 fully saturated rings. The zero-order chi connectivity index (χ0) is 17.5. The van der Waals surface area contributed by atoms with E-state index in [1.54, 1.807) is 6.92 Å². The van der Waals surface area contributed by atoms with Crippen LogP contribution < -0.4 is 0 Å².